The second-order valence-electron chi connectivity index (χ2n) is 4.25. The average molecular weight is 313 g/mol. The number of aromatic hydroxyl groups is 1. The second-order valence-corrected chi connectivity index (χ2v) is 4.25. The summed E-state index contributed by atoms with van der Waals surface area (Å²) in [4.78, 5) is 11.9. The molecule has 0 aliphatic carbocycles. The Morgan fingerprint density at radius 1 is 1.41 bits per heavy atom. The third-order valence-corrected chi connectivity index (χ3v) is 2.47. The van der Waals surface area contributed by atoms with Crippen molar-refractivity contribution in [3.63, 3.8) is 0 Å². The summed E-state index contributed by atoms with van der Waals surface area (Å²) in [5.41, 5.74) is -0.00549. The molecule has 0 radical (unpaired) electrons. The molecular weight excluding hydrogens is 296 g/mol. The molecule has 4 N–H and O–H groups in total. The van der Waals surface area contributed by atoms with Crippen molar-refractivity contribution >= 4 is 11.7 Å². The SMILES string of the molecule is CN/C=C\C(=N)NC(=O)c1cc(O)cc(OC(CF)CF)c1. The number of ether oxygens (including phenoxy) is 1. The van der Waals surface area contributed by atoms with E-state index >= 15 is 0 Å². The Hall–Kier alpha value is -2.64. The standard InChI is InChI=1S/C14H17F2N3O3/c1-18-3-2-13(17)19-14(21)9-4-10(20)6-11(5-9)22-12(7-15)8-16/h2-6,12,18,20H,7-8H2,1H3,(H2,17,19,21)/b3-2-. The van der Waals surface area contributed by atoms with Crippen LogP contribution in [0, 0.1) is 5.41 Å². The molecule has 0 bridgehead atoms. The normalized spacial score (nSPS) is 10.7. The highest BCUT2D eigenvalue weighted by molar-refractivity contribution is 6.09. The summed E-state index contributed by atoms with van der Waals surface area (Å²) >= 11 is 0. The van der Waals surface area contributed by atoms with Gasteiger partial charge in [-0.25, -0.2) is 8.78 Å². The number of carbonyl (C=O) groups excluding carboxylic acids is 1. The van der Waals surface area contributed by atoms with E-state index in [9.17, 15) is 18.7 Å². The smallest absolute Gasteiger partial charge is 0.257 e. The number of rotatable bonds is 7. The van der Waals surface area contributed by atoms with Crippen molar-refractivity contribution in [1.29, 1.82) is 5.41 Å². The van der Waals surface area contributed by atoms with E-state index in [0.29, 0.717) is 0 Å². The summed E-state index contributed by atoms with van der Waals surface area (Å²) in [5.74, 6) is -1.17. The molecular formula is C14H17F2N3O3. The van der Waals surface area contributed by atoms with Gasteiger partial charge in [0.05, 0.1) is 0 Å². The van der Waals surface area contributed by atoms with Gasteiger partial charge in [-0.15, -0.1) is 0 Å². The molecule has 0 fully saturated rings. The topological polar surface area (TPSA) is 94.4 Å². The number of benzene rings is 1. The highest BCUT2D eigenvalue weighted by Gasteiger charge is 2.14. The van der Waals surface area contributed by atoms with Gasteiger partial charge >= 0.3 is 0 Å². The van der Waals surface area contributed by atoms with Crippen LogP contribution in [0.25, 0.3) is 0 Å². The molecule has 0 aliphatic rings. The molecule has 6 nitrogen and oxygen atoms in total. The lowest BCUT2D eigenvalue weighted by Gasteiger charge is -2.14. The van der Waals surface area contributed by atoms with Gasteiger partial charge in [-0.1, -0.05) is 0 Å². The van der Waals surface area contributed by atoms with Crippen LogP contribution in [-0.2, 0) is 0 Å². The van der Waals surface area contributed by atoms with E-state index in [4.69, 9.17) is 10.1 Å². The Kier molecular flexibility index (Phi) is 6.81. The summed E-state index contributed by atoms with van der Waals surface area (Å²) < 4.78 is 29.9. The van der Waals surface area contributed by atoms with Crippen molar-refractivity contribution in [2.45, 2.75) is 6.10 Å². The van der Waals surface area contributed by atoms with Gasteiger partial charge < -0.3 is 20.5 Å². The summed E-state index contributed by atoms with van der Waals surface area (Å²) in [6, 6.07) is 3.51. The van der Waals surface area contributed by atoms with Crippen LogP contribution in [0.5, 0.6) is 11.5 Å². The number of alkyl halides is 2. The molecule has 0 aromatic heterocycles. The van der Waals surface area contributed by atoms with Gasteiger partial charge in [-0.2, -0.15) is 0 Å². The number of amidine groups is 1. The van der Waals surface area contributed by atoms with Crippen LogP contribution in [0.1, 0.15) is 10.4 Å². The van der Waals surface area contributed by atoms with Gasteiger partial charge in [-0.3, -0.25) is 10.2 Å². The number of carbonyl (C=O) groups is 1. The summed E-state index contributed by atoms with van der Waals surface area (Å²) in [6.07, 6.45) is 1.47. The fraction of sp³-hybridized carbons (Fsp3) is 0.286. The van der Waals surface area contributed by atoms with E-state index in [2.05, 4.69) is 10.6 Å². The molecule has 1 aromatic carbocycles. The first kappa shape index (κ1) is 17.4. The minimum atomic E-state index is -1.30. The van der Waals surface area contributed by atoms with Crippen LogP contribution in [0.15, 0.2) is 30.5 Å². The molecule has 1 amide bonds. The lowest BCUT2D eigenvalue weighted by atomic mass is 10.2. The first-order chi connectivity index (χ1) is 10.5. The molecule has 0 saturated carbocycles. The lowest BCUT2D eigenvalue weighted by Crippen LogP contribution is -2.28. The van der Waals surface area contributed by atoms with Crippen molar-refractivity contribution in [2.75, 3.05) is 20.4 Å². The predicted octanol–water partition coefficient (Wildman–Crippen LogP) is 1.52. The highest BCUT2D eigenvalue weighted by atomic mass is 19.1. The largest absolute Gasteiger partial charge is 0.508 e. The van der Waals surface area contributed by atoms with E-state index in [0.717, 1.165) is 12.1 Å². The third kappa shape index (κ3) is 5.39. The van der Waals surface area contributed by atoms with Gasteiger partial charge in [0.15, 0.2) is 6.10 Å². The van der Waals surface area contributed by atoms with Crippen molar-refractivity contribution in [3.05, 3.63) is 36.0 Å². The first-order valence-corrected chi connectivity index (χ1v) is 6.36. The molecule has 0 atom stereocenters. The minimum Gasteiger partial charge on any atom is -0.508 e. The number of phenols is 1. The van der Waals surface area contributed by atoms with Crippen molar-refractivity contribution in [2.24, 2.45) is 0 Å². The Balaban J connectivity index is 2.86. The van der Waals surface area contributed by atoms with Crippen LogP contribution in [-0.4, -0.2) is 43.4 Å². The third-order valence-electron chi connectivity index (χ3n) is 2.47. The molecule has 1 aromatic rings. The fourth-order valence-electron chi connectivity index (χ4n) is 1.48. The summed E-state index contributed by atoms with van der Waals surface area (Å²) in [5, 5.41) is 22.0. The Morgan fingerprint density at radius 3 is 2.68 bits per heavy atom. The molecule has 0 saturated heterocycles. The molecule has 22 heavy (non-hydrogen) atoms. The monoisotopic (exact) mass is 313 g/mol. The number of nitrogens with one attached hydrogen (secondary N) is 3. The number of halogens is 2. The van der Waals surface area contributed by atoms with Gasteiger partial charge in [0, 0.05) is 18.7 Å². The van der Waals surface area contributed by atoms with E-state index in [1.807, 2.05) is 0 Å². The zero-order valence-electron chi connectivity index (χ0n) is 11.9. The molecule has 120 valence electrons. The predicted molar refractivity (Wildman–Crippen MR) is 77.9 cm³/mol. The van der Waals surface area contributed by atoms with Gasteiger partial charge in [0.25, 0.3) is 5.91 Å². The maximum absolute atomic E-state index is 12.4. The Bertz CT molecular complexity index is 560. The van der Waals surface area contributed by atoms with E-state index < -0.39 is 25.4 Å². The zero-order chi connectivity index (χ0) is 16.5. The number of hydrogen-bond donors (Lipinski definition) is 4. The molecule has 0 unspecified atom stereocenters. The number of hydrogen-bond acceptors (Lipinski definition) is 5. The van der Waals surface area contributed by atoms with Gasteiger partial charge in [0.1, 0.15) is 30.7 Å². The van der Waals surface area contributed by atoms with Crippen LogP contribution >= 0.6 is 0 Å². The van der Waals surface area contributed by atoms with Gasteiger partial charge in [0.2, 0.25) is 0 Å². The average Bonchev–Trinajstić information content (AvgIpc) is 2.49. The number of amides is 1. The fourth-order valence-corrected chi connectivity index (χ4v) is 1.48. The maximum Gasteiger partial charge on any atom is 0.257 e. The van der Waals surface area contributed by atoms with Gasteiger partial charge in [-0.05, 0) is 24.4 Å². The van der Waals surface area contributed by atoms with E-state index in [-0.39, 0.29) is 22.9 Å². The molecule has 8 heteroatoms. The Labute approximate surface area is 126 Å². The first-order valence-electron chi connectivity index (χ1n) is 6.36. The minimum absolute atomic E-state index is 0.00549. The Morgan fingerprint density at radius 2 is 2.09 bits per heavy atom. The molecule has 0 spiro atoms. The van der Waals surface area contributed by atoms with Crippen LogP contribution < -0.4 is 15.4 Å². The van der Waals surface area contributed by atoms with Crippen LogP contribution in [0.3, 0.4) is 0 Å². The highest BCUT2D eigenvalue weighted by Crippen LogP contribution is 2.23. The quantitative estimate of drug-likeness (QED) is 0.453. The zero-order valence-corrected chi connectivity index (χ0v) is 11.9. The number of phenolic OH excluding ortho intramolecular Hbond substituents is 1. The van der Waals surface area contributed by atoms with Crippen molar-refractivity contribution in [1.82, 2.24) is 10.6 Å². The lowest BCUT2D eigenvalue weighted by molar-refractivity contribution is 0.0975. The summed E-state index contributed by atoms with van der Waals surface area (Å²) in [7, 11) is 1.64. The second kappa shape index (κ2) is 8.60. The van der Waals surface area contributed by atoms with Crippen molar-refractivity contribution in [3.8, 4) is 11.5 Å². The summed E-state index contributed by atoms with van der Waals surface area (Å²) in [6.45, 7) is -2.07. The molecule has 0 aliphatic heterocycles. The van der Waals surface area contributed by atoms with E-state index in [1.165, 1.54) is 18.3 Å². The van der Waals surface area contributed by atoms with Crippen molar-refractivity contribution < 1.29 is 23.4 Å². The van der Waals surface area contributed by atoms with Crippen LogP contribution in [0.2, 0.25) is 0 Å². The van der Waals surface area contributed by atoms with Crippen LogP contribution in [0.4, 0.5) is 8.78 Å². The molecule has 1 rings (SSSR count). The van der Waals surface area contributed by atoms with E-state index in [1.54, 1.807) is 7.05 Å². The maximum atomic E-state index is 12.4. The molecule has 0 heterocycles.